The normalized spacial score (nSPS) is 19.4. The number of H-pyrrole nitrogens is 1. The van der Waals surface area contributed by atoms with E-state index in [4.69, 9.17) is 0 Å². The van der Waals surface area contributed by atoms with Gasteiger partial charge in [0.2, 0.25) is 15.9 Å². The Balaban J connectivity index is 1.74. The van der Waals surface area contributed by atoms with Crippen LogP contribution in [0.3, 0.4) is 0 Å². The molecule has 136 valence electrons. The minimum absolute atomic E-state index is 0.00489. The second kappa shape index (κ2) is 8.11. The Morgan fingerprint density at radius 2 is 2.12 bits per heavy atom. The number of amides is 1. The van der Waals surface area contributed by atoms with Crippen LogP contribution in [0.2, 0.25) is 0 Å². The van der Waals surface area contributed by atoms with Crippen molar-refractivity contribution in [3.8, 4) is 0 Å². The molecule has 1 aliphatic rings. The zero-order chi connectivity index (χ0) is 17.7. The topological polar surface area (TPSA) is 95.2 Å². The molecule has 1 aromatic heterocycles. The SMILES string of the molecule is Cc1[nH]nc(CCC(=O)NCC[C@H]2CCCCN2S(C)(=O)=O)c1C. The first-order valence-corrected chi connectivity index (χ1v) is 10.4. The molecule has 0 aromatic carbocycles. The van der Waals surface area contributed by atoms with Crippen molar-refractivity contribution in [3.05, 3.63) is 17.0 Å². The van der Waals surface area contributed by atoms with Crippen molar-refractivity contribution >= 4 is 15.9 Å². The van der Waals surface area contributed by atoms with E-state index in [-0.39, 0.29) is 11.9 Å². The Morgan fingerprint density at radius 1 is 1.38 bits per heavy atom. The van der Waals surface area contributed by atoms with Crippen molar-refractivity contribution in [1.82, 2.24) is 19.8 Å². The predicted molar refractivity (Wildman–Crippen MR) is 93.2 cm³/mol. The summed E-state index contributed by atoms with van der Waals surface area (Å²) in [6, 6.07) is 0.00489. The Morgan fingerprint density at radius 3 is 2.75 bits per heavy atom. The molecule has 2 heterocycles. The third-order valence-corrected chi connectivity index (χ3v) is 6.07. The first-order valence-electron chi connectivity index (χ1n) is 8.53. The van der Waals surface area contributed by atoms with Gasteiger partial charge in [0, 0.05) is 37.7 Å². The van der Waals surface area contributed by atoms with Gasteiger partial charge in [-0.2, -0.15) is 9.40 Å². The molecule has 1 amide bonds. The van der Waals surface area contributed by atoms with Gasteiger partial charge in [-0.05, 0) is 38.7 Å². The summed E-state index contributed by atoms with van der Waals surface area (Å²) in [6.07, 6.45) is 5.76. The van der Waals surface area contributed by atoms with Gasteiger partial charge in [0.05, 0.1) is 11.9 Å². The molecule has 1 aliphatic heterocycles. The minimum Gasteiger partial charge on any atom is -0.356 e. The zero-order valence-electron chi connectivity index (χ0n) is 14.8. The van der Waals surface area contributed by atoms with Gasteiger partial charge >= 0.3 is 0 Å². The van der Waals surface area contributed by atoms with Gasteiger partial charge in [-0.1, -0.05) is 6.42 Å². The number of piperidine rings is 1. The molecule has 7 nitrogen and oxygen atoms in total. The third-order valence-electron chi connectivity index (χ3n) is 4.74. The van der Waals surface area contributed by atoms with Crippen molar-refractivity contribution in [3.63, 3.8) is 0 Å². The summed E-state index contributed by atoms with van der Waals surface area (Å²) in [4.78, 5) is 12.0. The molecule has 1 fully saturated rings. The van der Waals surface area contributed by atoms with E-state index in [1.807, 2.05) is 13.8 Å². The molecule has 1 saturated heterocycles. The quantitative estimate of drug-likeness (QED) is 0.769. The van der Waals surface area contributed by atoms with Crippen LogP contribution in [0, 0.1) is 13.8 Å². The van der Waals surface area contributed by atoms with E-state index in [1.165, 1.54) is 6.26 Å². The lowest BCUT2D eigenvalue weighted by Crippen LogP contribution is -2.44. The van der Waals surface area contributed by atoms with E-state index < -0.39 is 10.0 Å². The van der Waals surface area contributed by atoms with Crippen LogP contribution in [0.5, 0.6) is 0 Å². The lowest BCUT2D eigenvalue weighted by Gasteiger charge is -2.33. The maximum atomic E-state index is 12.0. The van der Waals surface area contributed by atoms with Gasteiger partial charge in [0.1, 0.15) is 0 Å². The number of aromatic nitrogens is 2. The number of hydrogen-bond acceptors (Lipinski definition) is 4. The summed E-state index contributed by atoms with van der Waals surface area (Å²) in [5.41, 5.74) is 3.07. The molecule has 1 atom stereocenters. The van der Waals surface area contributed by atoms with Crippen molar-refractivity contribution in [1.29, 1.82) is 0 Å². The molecule has 0 spiro atoms. The van der Waals surface area contributed by atoms with Crippen LogP contribution < -0.4 is 5.32 Å². The van der Waals surface area contributed by atoms with E-state index in [2.05, 4.69) is 15.5 Å². The molecule has 1 aromatic rings. The van der Waals surface area contributed by atoms with Crippen LogP contribution in [-0.4, -0.2) is 54.2 Å². The van der Waals surface area contributed by atoms with Crippen LogP contribution in [0.15, 0.2) is 0 Å². The summed E-state index contributed by atoms with van der Waals surface area (Å²) in [7, 11) is -3.17. The van der Waals surface area contributed by atoms with Crippen molar-refractivity contribution in [2.45, 2.75) is 58.4 Å². The minimum atomic E-state index is -3.17. The molecule has 8 heteroatoms. The zero-order valence-corrected chi connectivity index (χ0v) is 15.6. The average Bonchev–Trinajstić information content (AvgIpc) is 2.84. The van der Waals surface area contributed by atoms with Gasteiger partial charge in [-0.15, -0.1) is 0 Å². The summed E-state index contributed by atoms with van der Waals surface area (Å²) in [5.74, 6) is -0.0169. The lowest BCUT2D eigenvalue weighted by molar-refractivity contribution is -0.121. The van der Waals surface area contributed by atoms with Gasteiger partial charge in [-0.25, -0.2) is 8.42 Å². The van der Waals surface area contributed by atoms with Gasteiger partial charge in [0.15, 0.2) is 0 Å². The number of nitrogens with one attached hydrogen (secondary N) is 2. The molecule has 24 heavy (non-hydrogen) atoms. The molecule has 0 saturated carbocycles. The monoisotopic (exact) mass is 356 g/mol. The molecule has 0 aliphatic carbocycles. The highest BCUT2D eigenvalue weighted by Gasteiger charge is 2.28. The fourth-order valence-electron chi connectivity index (χ4n) is 3.18. The van der Waals surface area contributed by atoms with Gasteiger partial charge < -0.3 is 5.32 Å². The number of carbonyl (C=O) groups excluding carboxylic acids is 1. The number of aryl methyl sites for hydroxylation is 2. The standard InChI is InChI=1S/C16H28N4O3S/c1-12-13(2)18-19-15(12)7-8-16(21)17-10-9-14-6-4-5-11-20(14)24(3,22)23/h14H,4-11H2,1-3H3,(H,17,21)(H,18,19)/t14-/m1/s1. The maximum Gasteiger partial charge on any atom is 0.220 e. The number of sulfonamides is 1. The molecule has 2 rings (SSSR count). The Hall–Kier alpha value is -1.41. The van der Waals surface area contributed by atoms with Crippen LogP contribution in [-0.2, 0) is 21.2 Å². The fraction of sp³-hybridized carbons (Fsp3) is 0.750. The second-order valence-corrected chi connectivity index (χ2v) is 8.52. The smallest absolute Gasteiger partial charge is 0.220 e. The first kappa shape index (κ1) is 18.9. The van der Waals surface area contributed by atoms with Crippen molar-refractivity contribution in [2.75, 3.05) is 19.3 Å². The summed E-state index contributed by atoms with van der Waals surface area (Å²) in [6.45, 7) is 5.06. The molecule has 0 unspecified atom stereocenters. The summed E-state index contributed by atoms with van der Waals surface area (Å²) in [5, 5.41) is 10.0. The molecule has 0 radical (unpaired) electrons. The third kappa shape index (κ3) is 5.04. The van der Waals surface area contributed by atoms with Crippen molar-refractivity contribution in [2.24, 2.45) is 0 Å². The Bertz CT molecular complexity index is 669. The van der Waals surface area contributed by atoms with Crippen molar-refractivity contribution < 1.29 is 13.2 Å². The van der Waals surface area contributed by atoms with E-state index >= 15 is 0 Å². The average molecular weight is 356 g/mol. The number of rotatable bonds is 7. The highest BCUT2D eigenvalue weighted by atomic mass is 32.2. The molecular weight excluding hydrogens is 328 g/mol. The molecular formula is C16H28N4O3S. The van der Waals surface area contributed by atoms with Crippen LogP contribution in [0.1, 0.15) is 49.1 Å². The van der Waals surface area contributed by atoms with E-state index in [0.717, 1.165) is 36.2 Å². The first-order chi connectivity index (χ1) is 11.3. The molecule has 0 bridgehead atoms. The Kier molecular flexibility index (Phi) is 6.40. The number of nitrogens with zero attached hydrogens (tertiary/aromatic N) is 2. The Labute approximate surface area is 144 Å². The lowest BCUT2D eigenvalue weighted by atomic mass is 10.0. The highest BCUT2D eigenvalue weighted by molar-refractivity contribution is 7.88. The van der Waals surface area contributed by atoms with Gasteiger partial charge in [0.25, 0.3) is 0 Å². The number of aromatic amines is 1. The van der Waals surface area contributed by atoms with E-state index in [9.17, 15) is 13.2 Å². The van der Waals surface area contributed by atoms with E-state index in [1.54, 1.807) is 4.31 Å². The number of carbonyl (C=O) groups is 1. The van der Waals surface area contributed by atoms with Gasteiger partial charge in [-0.3, -0.25) is 9.89 Å². The fourth-order valence-corrected chi connectivity index (χ4v) is 4.39. The summed E-state index contributed by atoms with van der Waals surface area (Å²) < 4.78 is 25.2. The predicted octanol–water partition coefficient (Wildman–Crippen LogP) is 1.28. The summed E-state index contributed by atoms with van der Waals surface area (Å²) >= 11 is 0. The largest absolute Gasteiger partial charge is 0.356 e. The van der Waals surface area contributed by atoms with Crippen LogP contribution >= 0.6 is 0 Å². The number of hydrogen-bond donors (Lipinski definition) is 2. The maximum absolute atomic E-state index is 12.0. The molecule has 2 N–H and O–H groups in total. The highest BCUT2D eigenvalue weighted by Crippen LogP contribution is 2.21. The van der Waals surface area contributed by atoms with Crippen LogP contribution in [0.4, 0.5) is 0 Å². The second-order valence-electron chi connectivity index (χ2n) is 6.58. The van der Waals surface area contributed by atoms with Crippen LogP contribution in [0.25, 0.3) is 0 Å². The van der Waals surface area contributed by atoms with E-state index in [0.29, 0.717) is 32.4 Å².